The third-order valence-corrected chi connectivity index (χ3v) is 3.19. The summed E-state index contributed by atoms with van der Waals surface area (Å²) in [6.45, 7) is 3.37. The number of nitro groups is 1. The molecule has 1 heterocycles. The van der Waals surface area contributed by atoms with Crippen LogP contribution in [0.5, 0.6) is 0 Å². The number of hydrogen-bond donors (Lipinski definition) is 0. The lowest BCUT2D eigenvalue weighted by Gasteiger charge is -2.05. The van der Waals surface area contributed by atoms with Crippen molar-refractivity contribution in [2.75, 3.05) is 6.61 Å². The maximum Gasteiger partial charge on any atom is 0.338 e. The van der Waals surface area contributed by atoms with Gasteiger partial charge in [0.15, 0.2) is 12.4 Å². The van der Waals surface area contributed by atoms with E-state index in [4.69, 9.17) is 14.0 Å². The first-order valence-corrected chi connectivity index (χ1v) is 7.89. The number of non-ortho nitro benzene ring substituents is 1. The number of nitro benzene ring substituents is 1. The molecule has 0 bridgehead atoms. The highest BCUT2D eigenvalue weighted by molar-refractivity contribution is 5.96. The molecule has 10 heteroatoms. The smallest absolute Gasteiger partial charge is 0.338 e. The van der Waals surface area contributed by atoms with E-state index in [0.29, 0.717) is 12.2 Å². The Hall–Kier alpha value is -3.30. The molecule has 0 unspecified atom stereocenters. The first-order chi connectivity index (χ1) is 12.4. The molecule has 0 spiro atoms. The highest BCUT2D eigenvalue weighted by Gasteiger charge is 2.20. The van der Waals surface area contributed by atoms with E-state index in [1.807, 2.05) is 6.92 Å². The second-order valence-electron chi connectivity index (χ2n) is 5.18. The molecular formula is C16H17N3O7. The van der Waals surface area contributed by atoms with Crippen LogP contribution in [0, 0.1) is 10.1 Å². The van der Waals surface area contributed by atoms with Gasteiger partial charge in [0.2, 0.25) is 0 Å². The summed E-state index contributed by atoms with van der Waals surface area (Å²) < 4.78 is 14.8. The minimum Gasteiger partial charge on any atom is -0.462 e. The molecule has 0 radical (unpaired) electrons. The van der Waals surface area contributed by atoms with Crippen molar-refractivity contribution in [2.24, 2.45) is 0 Å². The van der Waals surface area contributed by atoms with Gasteiger partial charge >= 0.3 is 11.9 Å². The van der Waals surface area contributed by atoms with E-state index in [0.717, 1.165) is 18.6 Å². The fourth-order valence-electron chi connectivity index (χ4n) is 2.05. The van der Waals surface area contributed by atoms with Gasteiger partial charge in [-0.3, -0.25) is 10.1 Å². The molecule has 1 aromatic heterocycles. The van der Waals surface area contributed by atoms with Crippen molar-refractivity contribution in [1.82, 2.24) is 10.1 Å². The predicted molar refractivity (Wildman–Crippen MR) is 86.5 cm³/mol. The number of benzene rings is 1. The van der Waals surface area contributed by atoms with Gasteiger partial charge in [-0.2, -0.15) is 4.98 Å². The number of carbonyl (C=O) groups excluding carboxylic acids is 2. The number of nitrogens with zero attached hydrogens (tertiary/aromatic N) is 3. The highest BCUT2D eigenvalue weighted by atomic mass is 16.6. The van der Waals surface area contributed by atoms with Gasteiger partial charge in [-0.05, 0) is 19.4 Å². The summed E-state index contributed by atoms with van der Waals surface area (Å²) in [6.07, 6.45) is 1.47. The lowest BCUT2D eigenvalue weighted by Crippen LogP contribution is -2.10. The fraction of sp³-hybridized carbons (Fsp3) is 0.375. The second kappa shape index (κ2) is 8.70. The monoisotopic (exact) mass is 363 g/mol. The summed E-state index contributed by atoms with van der Waals surface area (Å²) in [5, 5.41) is 14.7. The minimum atomic E-state index is -0.866. The van der Waals surface area contributed by atoms with E-state index >= 15 is 0 Å². The molecule has 0 aliphatic rings. The molecule has 26 heavy (non-hydrogen) atoms. The summed E-state index contributed by atoms with van der Waals surface area (Å²) >= 11 is 0. The lowest BCUT2D eigenvalue weighted by atomic mass is 10.1. The number of esters is 2. The molecule has 2 aromatic rings. The molecule has 138 valence electrons. The fourth-order valence-corrected chi connectivity index (χ4v) is 2.05. The van der Waals surface area contributed by atoms with Crippen LogP contribution in [0.15, 0.2) is 22.7 Å². The number of hydrogen-bond acceptors (Lipinski definition) is 9. The van der Waals surface area contributed by atoms with Crippen LogP contribution in [0.3, 0.4) is 0 Å². The number of rotatable bonds is 8. The molecule has 0 fully saturated rings. The van der Waals surface area contributed by atoms with Gasteiger partial charge in [-0.25, -0.2) is 9.59 Å². The molecule has 0 atom stereocenters. The van der Waals surface area contributed by atoms with Crippen molar-refractivity contribution in [3.05, 3.63) is 51.2 Å². The topological polar surface area (TPSA) is 135 Å². The van der Waals surface area contributed by atoms with E-state index < -0.39 is 22.5 Å². The van der Waals surface area contributed by atoms with E-state index in [-0.39, 0.29) is 30.2 Å². The Morgan fingerprint density at radius 1 is 1.15 bits per heavy atom. The van der Waals surface area contributed by atoms with Crippen LogP contribution in [0.2, 0.25) is 0 Å². The van der Waals surface area contributed by atoms with Crippen molar-refractivity contribution in [2.45, 2.75) is 33.3 Å². The van der Waals surface area contributed by atoms with Crippen molar-refractivity contribution >= 4 is 17.6 Å². The number of ether oxygens (including phenoxy) is 2. The molecular weight excluding hydrogens is 346 g/mol. The van der Waals surface area contributed by atoms with Gasteiger partial charge in [0.1, 0.15) is 0 Å². The van der Waals surface area contributed by atoms with Gasteiger partial charge < -0.3 is 14.0 Å². The van der Waals surface area contributed by atoms with Gasteiger partial charge in [0.25, 0.3) is 11.6 Å². The van der Waals surface area contributed by atoms with Crippen molar-refractivity contribution < 1.29 is 28.5 Å². The predicted octanol–water partition coefficient (Wildman–Crippen LogP) is 2.46. The number of carbonyl (C=O) groups is 2. The molecule has 0 saturated heterocycles. The number of aromatic nitrogens is 2. The first kappa shape index (κ1) is 19.0. The molecule has 10 nitrogen and oxygen atoms in total. The van der Waals surface area contributed by atoms with Gasteiger partial charge in [0.05, 0.1) is 22.7 Å². The normalized spacial score (nSPS) is 10.4. The van der Waals surface area contributed by atoms with Crippen molar-refractivity contribution in [3.8, 4) is 0 Å². The van der Waals surface area contributed by atoms with E-state index in [9.17, 15) is 19.7 Å². The molecule has 0 N–H and O–H groups in total. The van der Waals surface area contributed by atoms with Crippen LogP contribution in [0.4, 0.5) is 5.69 Å². The zero-order valence-corrected chi connectivity index (χ0v) is 14.3. The summed E-state index contributed by atoms with van der Waals surface area (Å²) in [4.78, 5) is 38.3. The Morgan fingerprint density at radius 2 is 1.81 bits per heavy atom. The quantitative estimate of drug-likeness (QED) is 0.393. The highest BCUT2D eigenvalue weighted by Crippen LogP contribution is 2.19. The average molecular weight is 363 g/mol. The summed E-state index contributed by atoms with van der Waals surface area (Å²) in [5.41, 5.74) is -0.697. The van der Waals surface area contributed by atoms with Gasteiger partial charge in [-0.15, -0.1) is 0 Å². The third kappa shape index (κ3) is 4.85. The lowest BCUT2D eigenvalue weighted by molar-refractivity contribution is -0.384. The molecule has 0 aliphatic heterocycles. The van der Waals surface area contributed by atoms with Crippen LogP contribution >= 0.6 is 0 Å². The molecule has 2 rings (SSSR count). The zero-order chi connectivity index (χ0) is 19.1. The summed E-state index contributed by atoms with van der Waals surface area (Å²) in [5.74, 6) is -1.03. The zero-order valence-electron chi connectivity index (χ0n) is 14.3. The Labute approximate surface area is 148 Å². The van der Waals surface area contributed by atoms with Crippen molar-refractivity contribution in [3.63, 3.8) is 0 Å². The average Bonchev–Trinajstić information content (AvgIpc) is 3.07. The van der Waals surface area contributed by atoms with E-state index in [1.54, 1.807) is 6.92 Å². The Kier molecular flexibility index (Phi) is 6.36. The Balaban J connectivity index is 2.15. The van der Waals surface area contributed by atoms with Crippen LogP contribution in [-0.4, -0.2) is 33.6 Å². The Morgan fingerprint density at radius 3 is 2.38 bits per heavy atom. The SMILES string of the molecule is CCCc1noc(COC(=O)c2cc(C(=O)OCC)cc([N+](=O)[O-])c2)n1. The van der Waals surface area contributed by atoms with Gasteiger partial charge in [0, 0.05) is 18.6 Å². The second-order valence-corrected chi connectivity index (χ2v) is 5.18. The maximum atomic E-state index is 12.2. The first-order valence-electron chi connectivity index (χ1n) is 7.89. The minimum absolute atomic E-state index is 0.0958. The third-order valence-electron chi connectivity index (χ3n) is 3.19. The van der Waals surface area contributed by atoms with E-state index in [2.05, 4.69) is 10.1 Å². The number of aryl methyl sites for hydroxylation is 1. The summed E-state index contributed by atoms with van der Waals surface area (Å²) in [7, 11) is 0. The van der Waals surface area contributed by atoms with E-state index in [1.165, 1.54) is 6.07 Å². The van der Waals surface area contributed by atoms with Crippen LogP contribution in [-0.2, 0) is 22.5 Å². The standard InChI is InChI=1S/C16H17N3O7/c1-3-5-13-17-14(26-18-13)9-25-16(21)11-6-10(15(20)24-4-2)7-12(8-11)19(22)23/h6-8H,3-5,9H2,1-2H3. The van der Waals surface area contributed by atoms with Crippen LogP contribution < -0.4 is 0 Å². The van der Waals surface area contributed by atoms with Gasteiger partial charge in [-0.1, -0.05) is 12.1 Å². The largest absolute Gasteiger partial charge is 0.462 e. The van der Waals surface area contributed by atoms with Crippen LogP contribution in [0.1, 0.15) is 52.7 Å². The maximum absolute atomic E-state index is 12.2. The molecule has 0 aliphatic carbocycles. The molecule has 0 saturated carbocycles. The van der Waals surface area contributed by atoms with Crippen LogP contribution in [0.25, 0.3) is 0 Å². The Bertz CT molecular complexity index is 816. The molecule has 0 amide bonds. The molecule has 1 aromatic carbocycles. The summed E-state index contributed by atoms with van der Waals surface area (Å²) in [6, 6.07) is 3.22. The van der Waals surface area contributed by atoms with Crippen molar-refractivity contribution in [1.29, 1.82) is 0 Å².